The van der Waals surface area contributed by atoms with E-state index >= 15 is 0 Å². The minimum Gasteiger partial charge on any atom is -0.490 e. The molecule has 0 bridgehead atoms. The number of benzene rings is 2. The van der Waals surface area contributed by atoms with Crippen molar-refractivity contribution in [3.8, 4) is 5.75 Å². The quantitative estimate of drug-likeness (QED) is 0.485. The molecular formula is C27H31F2N5O3. The van der Waals surface area contributed by atoms with Crippen molar-refractivity contribution in [2.75, 3.05) is 23.7 Å². The topological polar surface area (TPSA) is 88.5 Å². The van der Waals surface area contributed by atoms with Crippen LogP contribution < -0.4 is 15.4 Å². The molecule has 0 aliphatic carbocycles. The van der Waals surface area contributed by atoms with Crippen LogP contribution in [0.2, 0.25) is 0 Å². The number of halogens is 2. The average molecular weight is 512 g/mol. The molecule has 37 heavy (non-hydrogen) atoms. The number of rotatable bonds is 5. The average Bonchev–Trinajstić information content (AvgIpc) is 3.21. The van der Waals surface area contributed by atoms with Gasteiger partial charge in [0.2, 0.25) is 0 Å². The molecule has 1 aromatic heterocycles. The van der Waals surface area contributed by atoms with Crippen molar-refractivity contribution >= 4 is 23.4 Å². The van der Waals surface area contributed by atoms with E-state index in [1.807, 2.05) is 6.07 Å². The Hall–Kier alpha value is -3.95. The van der Waals surface area contributed by atoms with Gasteiger partial charge in [0.25, 0.3) is 5.91 Å². The Morgan fingerprint density at radius 1 is 1.00 bits per heavy atom. The molecule has 196 valence electrons. The SMILES string of the molecule is Cn1nc(C(C)(C)C)cc1NC(=O)Nc1ccc(OC2CCN(C(=O)c3c(F)cccc3F)CC2)cc1. The van der Waals surface area contributed by atoms with Gasteiger partial charge in [0.05, 0.1) is 5.69 Å². The lowest BCUT2D eigenvalue weighted by Gasteiger charge is -2.32. The van der Waals surface area contributed by atoms with E-state index < -0.39 is 23.1 Å². The molecule has 2 heterocycles. The van der Waals surface area contributed by atoms with Crippen molar-refractivity contribution in [1.82, 2.24) is 14.7 Å². The highest BCUT2D eigenvalue weighted by molar-refractivity contribution is 5.99. The Morgan fingerprint density at radius 2 is 1.62 bits per heavy atom. The van der Waals surface area contributed by atoms with E-state index in [2.05, 4.69) is 36.5 Å². The Labute approximate surface area is 214 Å². The van der Waals surface area contributed by atoms with Crippen LogP contribution in [0.1, 0.15) is 49.7 Å². The monoisotopic (exact) mass is 511 g/mol. The number of hydrogen-bond acceptors (Lipinski definition) is 4. The van der Waals surface area contributed by atoms with Crippen molar-refractivity contribution in [2.45, 2.75) is 45.1 Å². The van der Waals surface area contributed by atoms with Crippen LogP contribution in [0.5, 0.6) is 5.75 Å². The number of hydrogen-bond donors (Lipinski definition) is 2. The minimum atomic E-state index is -0.860. The zero-order valence-electron chi connectivity index (χ0n) is 21.3. The molecule has 3 amide bonds. The highest BCUT2D eigenvalue weighted by atomic mass is 19.1. The van der Waals surface area contributed by atoms with Crippen LogP contribution in [0.3, 0.4) is 0 Å². The van der Waals surface area contributed by atoms with Crippen LogP contribution in [-0.4, -0.2) is 45.8 Å². The van der Waals surface area contributed by atoms with Gasteiger partial charge in [-0.25, -0.2) is 13.6 Å². The molecule has 1 aliphatic heterocycles. The first kappa shape index (κ1) is 26.1. The van der Waals surface area contributed by atoms with Crippen LogP contribution in [0.15, 0.2) is 48.5 Å². The van der Waals surface area contributed by atoms with Crippen LogP contribution in [0.4, 0.5) is 25.1 Å². The maximum atomic E-state index is 14.0. The summed E-state index contributed by atoms with van der Waals surface area (Å²) in [5.74, 6) is -1.16. The summed E-state index contributed by atoms with van der Waals surface area (Å²) in [6, 6.07) is 11.8. The second-order valence-corrected chi connectivity index (χ2v) is 10.1. The van der Waals surface area contributed by atoms with Gasteiger partial charge in [-0.15, -0.1) is 0 Å². The molecule has 2 aromatic carbocycles. The van der Waals surface area contributed by atoms with Gasteiger partial charge in [-0.2, -0.15) is 5.10 Å². The lowest BCUT2D eigenvalue weighted by Crippen LogP contribution is -2.42. The van der Waals surface area contributed by atoms with E-state index in [4.69, 9.17) is 4.74 Å². The normalized spacial score (nSPS) is 14.4. The van der Waals surface area contributed by atoms with E-state index in [1.165, 1.54) is 11.0 Å². The van der Waals surface area contributed by atoms with E-state index in [1.54, 1.807) is 36.0 Å². The predicted octanol–water partition coefficient (Wildman–Crippen LogP) is 5.32. The molecule has 0 atom stereocenters. The third kappa shape index (κ3) is 6.25. The van der Waals surface area contributed by atoms with Crippen LogP contribution in [-0.2, 0) is 12.5 Å². The molecule has 8 nitrogen and oxygen atoms in total. The molecule has 2 N–H and O–H groups in total. The smallest absolute Gasteiger partial charge is 0.324 e. The lowest BCUT2D eigenvalue weighted by molar-refractivity contribution is 0.0587. The van der Waals surface area contributed by atoms with Gasteiger partial charge in [0.15, 0.2) is 0 Å². The van der Waals surface area contributed by atoms with E-state index in [9.17, 15) is 18.4 Å². The highest BCUT2D eigenvalue weighted by Crippen LogP contribution is 2.25. The molecule has 0 radical (unpaired) electrons. The maximum absolute atomic E-state index is 14.0. The maximum Gasteiger partial charge on any atom is 0.324 e. The number of aromatic nitrogens is 2. The first-order valence-corrected chi connectivity index (χ1v) is 12.1. The fourth-order valence-corrected chi connectivity index (χ4v) is 4.08. The molecule has 0 unspecified atom stereocenters. The molecule has 0 spiro atoms. The number of amides is 3. The summed E-state index contributed by atoms with van der Waals surface area (Å²) in [6.45, 7) is 6.83. The Balaban J connectivity index is 1.27. The number of aryl methyl sites for hydroxylation is 1. The fourth-order valence-electron chi connectivity index (χ4n) is 4.08. The second-order valence-electron chi connectivity index (χ2n) is 10.1. The molecular weight excluding hydrogens is 480 g/mol. The van der Waals surface area contributed by atoms with Gasteiger partial charge < -0.3 is 15.0 Å². The van der Waals surface area contributed by atoms with Crippen molar-refractivity contribution in [1.29, 1.82) is 0 Å². The van der Waals surface area contributed by atoms with Gasteiger partial charge in [-0.3, -0.25) is 14.8 Å². The number of nitrogens with one attached hydrogen (secondary N) is 2. The van der Waals surface area contributed by atoms with Crippen molar-refractivity contribution in [3.63, 3.8) is 0 Å². The zero-order chi connectivity index (χ0) is 26.7. The van der Waals surface area contributed by atoms with E-state index in [-0.39, 0.29) is 17.6 Å². The first-order valence-electron chi connectivity index (χ1n) is 12.1. The molecule has 4 rings (SSSR count). The van der Waals surface area contributed by atoms with Crippen LogP contribution in [0.25, 0.3) is 0 Å². The summed E-state index contributed by atoms with van der Waals surface area (Å²) in [4.78, 5) is 26.5. The summed E-state index contributed by atoms with van der Waals surface area (Å²) in [5, 5.41) is 10.0. The van der Waals surface area contributed by atoms with Gasteiger partial charge in [0.1, 0.15) is 34.9 Å². The highest BCUT2D eigenvalue weighted by Gasteiger charge is 2.28. The van der Waals surface area contributed by atoms with Gasteiger partial charge in [-0.05, 0) is 36.4 Å². The Kier molecular flexibility index (Phi) is 7.47. The summed E-state index contributed by atoms with van der Waals surface area (Å²) in [6.07, 6.45) is 0.926. The summed E-state index contributed by atoms with van der Waals surface area (Å²) in [5.41, 5.74) is 0.817. The van der Waals surface area contributed by atoms with Crippen molar-refractivity contribution in [2.24, 2.45) is 7.05 Å². The zero-order valence-corrected chi connectivity index (χ0v) is 21.3. The third-order valence-corrected chi connectivity index (χ3v) is 6.21. The van der Waals surface area contributed by atoms with Crippen molar-refractivity contribution in [3.05, 3.63) is 71.4 Å². The number of piperidine rings is 1. The lowest BCUT2D eigenvalue weighted by atomic mass is 9.92. The van der Waals surface area contributed by atoms with E-state index in [0.717, 1.165) is 17.8 Å². The largest absolute Gasteiger partial charge is 0.490 e. The predicted molar refractivity (Wildman–Crippen MR) is 137 cm³/mol. The third-order valence-electron chi connectivity index (χ3n) is 6.21. The standard InChI is InChI=1S/C27H31F2N5O3/c1-27(2,3)22-16-23(33(4)32-22)31-26(36)30-17-8-10-18(11-9-17)37-19-12-14-34(15-13-19)25(35)24-20(28)6-5-7-21(24)29/h5-11,16,19H,12-15H2,1-4H3,(H2,30,31,36). The van der Waals surface area contributed by atoms with Gasteiger partial charge >= 0.3 is 6.03 Å². The second kappa shape index (κ2) is 10.6. The Bertz CT molecular complexity index is 1260. The molecule has 1 aliphatic rings. The summed E-state index contributed by atoms with van der Waals surface area (Å²) in [7, 11) is 1.77. The number of nitrogens with zero attached hydrogens (tertiary/aromatic N) is 3. The van der Waals surface area contributed by atoms with Gasteiger partial charge in [0, 0.05) is 50.1 Å². The number of urea groups is 1. The summed E-state index contributed by atoms with van der Waals surface area (Å²) >= 11 is 0. The van der Waals surface area contributed by atoms with Crippen LogP contribution in [0, 0.1) is 11.6 Å². The first-order chi connectivity index (χ1) is 17.5. The molecule has 0 saturated carbocycles. The molecule has 1 saturated heterocycles. The van der Waals surface area contributed by atoms with Crippen molar-refractivity contribution < 1.29 is 23.1 Å². The number of likely N-dealkylation sites (tertiary alicyclic amines) is 1. The summed E-state index contributed by atoms with van der Waals surface area (Å²) < 4.78 is 35.6. The molecule has 1 fully saturated rings. The number of carbonyl (C=O) groups is 2. The number of anilines is 2. The minimum absolute atomic E-state index is 0.131. The van der Waals surface area contributed by atoms with Crippen LogP contribution >= 0.6 is 0 Å². The van der Waals surface area contributed by atoms with Gasteiger partial charge in [-0.1, -0.05) is 26.8 Å². The number of carbonyl (C=O) groups excluding carboxylic acids is 2. The Morgan fingerprint density at radius 3 is 2.19 bits per heavy atom. The number of ether oxygens (including phenoxy) is 1. The molecule has 10 heteroatoms. The fraction of sp³-hybridized carbons (Fsp3) is 0.370. The molecule has 3 aromatic rings. The van der Waals surface area contributed by atoms with E-state index in [0.29, 0.717) is 43.2 Å².